The van der Waals surface area contributed by atoms with Crippen molar-refractivity contribution in [3.8, 4) is 0 Å². The molecule has 1 N–H and O–H groups in total. The number of ether oxygens (including phenoxy) is 1. The second-order valence-corrected chi connectivity index (χ2v) is 5.97. The first-order valence-corrected chi connectivity index (χ1v) is 7.29. The molecule has 18 heavy (non-hydrogen) atoms. The van der Waals surface area contributed by atoms with Gasteiger partial charge in [0.15, 0.2) is 5.13 Å². The lowest BCUT2D eigenvalue weighted by molar-refractivity contribution is -0.140. The smallest absolute Gasteiger partial charge is 0.305 e. The molecule has 100 valence electrons. The lowest BCUT2D eigenvalue weighted by Gasteiger charge is -2.24. The lowest BCUT2D eigenvalue weighted by Crippen LogP contribution is -2.30. The standard InChI is InChI=1S/C13H20N2O2S/c1-13(7-3-4-8-13)15-12-14-10(9-18-12)5-6-11(16)17-2/h9H,3-8H2,1-2H3,(H,14,15). The van der Waals surface area contributed by atoms with Crippen LogP contribution in [0.5, 0.6) is 0 Å². The Labute approximate surface area is 112 Å². The van der Waals surface area contributed by atoms with E-state index in [1.54, 1.807) is 11.3 Å². The second-order valence-electron chi connectivity index (χ2n) is 5.11. The van der Waals surface area contributed by atoms with Gasteiger partial charge in [-0.05, 0) is 19.8 Å². The van der Waals surface area contributed by atoms with Gasteiger partial charge in [0.2, 0.25) is 0 Å². The summed E-state index contributed by atoms with van der Waals surface area (Å²) in [5, 5.41) is 6.52. The molecular weight excluding hydrogens is 248 g/mol. The average Bonchev–Trinajstić information content (AvgIpc) is 2.96. The van der Waals surface area contributed by atoms with Crippen LogP contribution in [0.4, 0.5) is 5.13 Å². The van der Waals surface area contributed by atoms with Gasteiger partial charge in [0.05, 0.1) is 19.2 Å². The van der Waals surface area contributed by atoms with Gasteiger partial charge >= 0.3 is 5.97 Å². The zero-order chi connectivity index (χ0) is 13.0. The number of aryl methyl sites for hydroxylation is 1. The van der Waals surface area contributed by atoms with Gasteiger partial charge in [0, 0.05) is 17.3 Å². The number of hydrogen-bond acceptors (Lipinski definition) is 5. The molecule has 0 spiro atoms. The summed E-state index contributed by atoms with van der Waals surface area (Å²) in [6.07, 6.45) is 6.07. The summed E-state index contributed by atoms with van der Waals surface area (Å²) in [6, 6.07) is 0. The quantitative estimate of drug-likeness (QED) is 0.834. The third kappa shape index (κ3) is 3.45. The Morgan fingerprint density at radius 3 is 2.94 bits per heavy atom. The van der Waals surface area contributed by atoms with Crippen LogP contribution in [0.2, 0.25) is 0 Å². The predicted octanol–water partition coefficient (Wildman–Crippen LogP) is 2.99. The number of esters is 1. The van der Waals surface area contributed by atoms with Crippen molar-refractivity contribution in [1.29, 1.82) is 0 Å². The van der Waals surface area contributed by atoms with Crippen LogP contribution in [0.3, 0.4) is 0 Å². The molecule has 0 bridgehead atoms. The summed E-state index contributed by atoms with van der Waals surface area (Å²) in [5.74, 6) is -0.180. The largest absolute Gasteiger partial charge is 0.469 e. The van der Waals surface area contributed by atoms with Crippen molar-refractivity contribution in [2.45, 2.75) is 51.0 Å². The van der Waals surface area contributed by atoms with Crippen LogP contribution in [-0.2, 0) is 16.0 Å². The van der Waals surface area contributed by atoms with Crippen molar-refractivity contribution >= 4 is 22.4 Å². The van der Waals surface area contributed by atoms with E-state index in [-0.39, 0.29) is 11.5 Å². The molecule has 1 heterocycles. The maximum absolute atomic E-state index is 11.1. The van der Waals surface area contributed by atoms with Gasteiger partial charge in [0.1, 0.15) is 0 Å². The van der Waals surface area contributed by atoms with Gasteiger partial charge in [-0.25, -0.2) is 4.98 Å². The van der Waals surface area contributed by atoms with Crippen molar-refractivity contribution in [3.05, 3.63) is 11.1 Å². The fraction of sp³-hybridized carbons (Fsp3) is 0.692. The summed E-state index contributed by atoms with van der Waals surface area (Å²) < 4.78 is 4.62. The van der Waals surface area contributed by atoms with Crippen molar-refractivity contribution in [2.75, 3.05) is 12.4 Å². The van der Waals surface area contributed by atoms with Crippen LogP contribution >= 0.6 is 11.3 Å². The molecule has 0 radical (unpaired) electrons. The molecule has 1 aliphatic rings. The third-order valence-corrected chi connectivity index (χ3v) is 4.29. The molecule has 1 aromatic rings. The van der Waals surface area contributed by atoms with Crippen LogP contribution in [0.25, 0.3) is 0 Å². The van der Waals surface area contributed by atoms with E-state index >= 15 is 0 Å². The Morgan fingerprint density at radius 1 is 1.56 bits per heavy atom. The number of rotatable bonds is 5. The molecular formula is C13H20N2O2S. The number of methoxy groups -OCH3 is 1. The fourth-order valence-corrected chi connectivity index (χ4v) is 3.24. The highest BCUT2D eigenvalue weighted by atomic mass is 32.1. The maximum Gasteiger partial charge on any atom is 0.305 e. The minimum Gasteiger partial charge on any atom is -0.469 e. The number of anilines is 1. The summed E-state index contributed by atoms with van der Waals surface area (Å²) in [6.45, 7) is 2.26. The van der Waals surface area contributed by atoms with Gasteiger partial charge in [-0.3, -0.25) is 4.79 Å². The number of thiazole rings is 1. The summed E-state index contributed by atoms with van der Waals surface area (Å²) in [7, 11) is 1.41. The molecule has 1 aliphatic carbocycles. The Balaban J connectivity index is 1.87. The molecule has 0 amide bonds. The van der Waals surface area contributed by atoms with Gasteiger partial charge in [-0.15, -0.1) is 11.3 Å². The van der Waals surface area contributed by atoms with Crippen molar-refractivity contribution < 1.29 is 9.53 Å². The zero-order valence-corrected chi connectivity index (χ0v) is 11.8. The molecule has 1 fully saturated rings. The summed E-state index contributed by atoms with van der Waals surface area (Å²) >= 11 is 1.62. The van der Waals surface area contributed by atoms with Crippen molar-refractivity contribution in [3.63, 3.8) is 0 Å². The molecule has 1 aromatic heterocycles. The van der Waals surface area contributed by atoms with E-state index in [4.69, 9.17) is 0 Å². The Hall–Kier alpha value is -1.10. The Kier molecular flexibility index (Phi) is 4.22. The van der Waals surface area contributed by atoms with E-state index in [1.807, 2.05) is 5.38 Å². The second kappa shape index (κ2) is 5.69. The normalized spacial score (nSPS) is 17.7. The van der Waals surface area contributed by atoms with Crippen LogP contribution < -0.4 is 5.32 Å². The molecule has 0 unspecified atom stereocenters. The summed E-state index contributed by atoms with van der Waals surface area (Å²) in [4.78, 5) is 15.6. The Morgan fingerprint density at radius 2 is 2.28 bits per heavy atom. The summed E-state index contributed by atoms with van der Waals surface area (Å²) in [5.41, 5.74) is 1.17. The fourth-order valence-electron chi connectivity index (χ4n) is 2.35. The number of aromatic nitrogens is 1. The van der Waals surface area contributed by atoms with E-state index in [1.165, 1.54) is 32.8 Å². The van der Waals surface area contributed by atoms with E-state index in [9.17, 15) is 4.79 Å². The monoisotopic (exact) mass is 268 g/mol. The van der Waals surface area contributed by atoms with Crippen molar-refractivity contribution in [1.82, 2.24) is 4.98 Å². The van der Waals surface area contributed by atoms with Gasteiger partial charge in [-0.1, -0.05) is 12.8 Å². The average molecular weight is 268 g/mol. The van der Waals surface area contributed by atoms with Gasteiger partial charge < -0.3 is 10.1 Å². The molecule has 0 aliphatic heterocycles. The Bertz CT molecular complexity index is 411. The van der Waals surface area contributed by atoms with E-state index < -0.39 is 0 Å². The number of nitrogens with one attached hydrogen (secondary N) is 1. The van der Waals surface area contributed by atoms with Gasteiger partial charge in [-0.2, -0.15) is 0 Å². The minimum absolute atomic E-state index is 0.180. The van der Waals surface area contributed by atoms with Crippen LogP contribution in [0.15, 0.2) is 5.38 Å². The highest BCUT2D eigenvalue weighted by Crippen LogP contribution is 2.33. The SMILES string of the molecule is COC(=O)CCc1csc(NC2(C)CCCC2)n1. The van der Waals surface area contributed by atoms with E-state index in [0.29, 0.717) is 12.8 Å². The lowest BCUT2D eigenvalue weighted by atomic mass is 10.0. The first-order valence-electron chi connectivity index (χ1n) is 6.41. The molecule has 0 aromatic carbocycles. The minimum atomic E-state index is -0.180. The molecule has 0 saturated heterocycles. The number of carbonyl (C=O) groups excluding carboxylic acids is 1. The number of hydrogen-bond donors (Lipinski definition) is 1. The van der Waals surface area contributed by atoms with E-state index in [0.717, 1.165) is 10.8 Å². The predicted molar refractivity (Wildman–Crippen MR) is 72.9 cm³/mol. The molecule has 5 heteroatoms. The van der Waals surface area contributed by atoms with Gasteiger partial charge in [0.25, 0.3) is 0 Å². The van der Waals surface area contributed by atoms with E-state index in [2.05, 4.69) is 22.0 Å². The maximum atomic E-state index is 11.1. The topological polar surface area (TPSA) is 51.2 Å². The molecule has 1 saturated carbocycles. The zero-order valence-electron chi connectivity index (χ0n) is 11.0. The first-order chi connectivity index (χ1) is 8.61. The molecule has 2 rings (SSSR count). The first kappa shape index (κ1) is 13.3. The highest BCUT2D eigenvalue weighted by Gasteiger charge is 2.29. The highest BCUT2D eigenvalue weighted by molar-refractivity contribution is 7.13. The van der Waals surface area contributed by atoms with Crippen molar-refractivity contribution in [2.24, 2.45) is 0 Å². The van der Waals surface area contributed by atoms with Crippen LogP contribution in [-0.4, -0.2) is 23.6 Å². The van der Waals surface area contributed by atoms with Crippen LogP contribution in [0, 0.1) is 0 Å². The molecule has 0 atom stereocenters. The number of nitrogens with zero attached hydrogens (tertiary/aromatic N) is 1. The number of carbonyl (C=O) groups is 1. The third-order valence-electron chi connectivity index (χ3n) is 3.48. The molecule has 4 nitrogen and oxygen atoms in total. The van der Waals surface area contributed by atoms with Crippen LogP contribution in [0.1, 0.15) is 44.7 Å².